The molecular weight excluding hydrogens is 484 g/mol. The zero-order valence-electron chi connectivity index (χ0n) is 15.4. The minimum atomic E-state index is -3.91. The van der Waals surface area contributed by atoms with E-state index in [4.69, 9.17) is 21.2 Å². The Balaban J connectivity index is 1.84. The lowest BCUT2D eigenvalue weighted by Crippen LogP contribution is -2.26. The Bertz CT molecular complexity index is 1190. The van der Waals surface area contributed by atoms with Crippen LogP contribution in [0.25, 0.3) is 10.9 Å². The highest BCUT2D eigenvalue weighted by Gasteiger charge is 2.24. The van der Waals surface area contributed by atoms with Crippen LogP contribution < -0.4 is 0 Å². The lowest BCUT2D eigenvalue weighted by Gasteiger charge is -2.15. The number of sulfonamides is 1. The van der Waals surface area contributed by atoms with Gasteiger partial charge >= 0.3 is 5.97 Å². The fourth-order valence-electron chi connectivity index (χ4n) is 2.53. The molecule has 2 aromatic carbocycles. The molecule has 1 aromatic heterocycles. The number of rotatable bonds is 6. The molecule has 10 heteroatoms. The third-order valence-electron chi connectivity index (χ3n) is 4.16. The number of halogens is 2. The van der Waals surface area contributed by atoms with E-state index in [1.165, 1.54) is 32.4 Å². The van der Waals surface area contributed by atoms with E-state index in [0.29, 0.717) is 14.5 Å². The number of pyridine rings is 1. The molecule has 0 radical (unpaired) electrons. The van der Waals surface area contributed by atoms with Crippen LogP contribution in [0.2, 0.25) is 5.15 Å². The van der Waals surface area contributed by atoms with Gasteiger partial charge < -0.3 is 4.74 Å². The van der Waals surface area contributed by atoms with Crippen molar-refractivity contribution in [3.8, 4) is 0 Å². The van der Waals surface area contributed by atoms with Gasteiger partial charge in [0.1, 0.15) is 11.8 Å². The van der Waals surface area contributed by atoms with Crippen molar-refractivity contribution < 1.29 is 22.8 Å². The van der Waals surface area contributed by atoms with Gasteiger partial charge in [0.15, 0.2) is 0 Å². The topological polar surface area (TPSA) is 85.8 Å². The first kappa shape index (κ1) is 21.7. The van der Waals surface area contributed by atoms with Crippen molar-refractivity contribution >= 4 is 54.4 Å². The number of hydrogen-bond acceptors (Lipinski definition) is 6. The van der Waals surface area contributed by atoms with Gasteiger partial charge in [-0.05, 0) is 46.3 Å². The van der Waals surface area contributed by atoms with Crippen LogP contribution in [-0.2, 0) is 26.2 Å². The van der Waals surface area contributed by atoms with Crippen molar-refractivity contribution in [2.24, 2.45) is 0 Å². The maximum Gasteiger partial charge on any atom is 0.339 e. The number of hydrogen-bond donors (Lipinski definition) is 0. The van der Waals surface area contributed by atoms with E-state index in [1.54, 1.807) is 6.07 Å². The lowest BCUT2D eigenvalue weighted by atomic mass is 10.1. The average Bonchev–Trinajstić information content (AvgIpc) is 2.71. The number of benzene rings is 2. The second-order valence-corrected chi connectivity index (χ2v) is 9.09. The largest absolute Gasteiger partial charge is 0.457 e. The molecule has 3 rings (SSSR count). The number of fused-ring (bicyclic) bond motifs is 1. The van der Waals surface area contributed by atoms with Gasteiger partial charge in [0.25, 0.3) is 10.0 Å². The molecule has 0 saturated carbocycles. The second kappa shape index (κ2) is 8.76. The first-order valence-electron chi connectivity index (χ1n) is 8.28. The molecule has 0 bridgehead atoms. The maximum absolute atomic E-state index is 12.6. The standard InChI is InChI=1S/C19H16BrClN2O5S/c1-23(27-2)29(25,26)14-7-8-16(20)15(10-14)19(24)28-11-13-9-12-5-3-4-6-17(12)22-18(13)21/h3-10H,11H2,1-2H3. The van der Waals surface area contributed by atoms with Crippen LogP contribution in [0.1, 0.15) is 15.9 Å². The Morgan fingerprint density at radius 3 is 2.66 bits per heavy atom. The lowest BCUT2D eigenvalue weighted by molar-refractivity contribution is -0.0258. The fraction of sp³-hybridized carbons (Fsp3) is 0.158. The van der Waals surface area contributed by atoms with Gasteiger partial charge in [-0.25, -0.2) is 18.2 Å². The average molecular weight is 500 g/mol. The summed E-state index contributed by atoms with van der Waals surface area (Å²) in [5.74, 6) is -0.710. The molecule has 1 heterocycles. The Hall–Kier alpha value is -2.04. The predicted molar refractivity (Wildman–Crippen MR) is 112 cm³/mol. The van der Waals surface area contributed by atoms with Crippen LogP contribution >= 0.6 is 27.5 Å². The van der Waals surface area contributed by atoms with Crippen molar-refractivity contribution in [2.75, 3.05) is 14.2 Å². The van der Waals surface area contributed by atoms with Gasteiger partial charge in [-0.3, -0.25) is 4.84 Å². The Kier molecular flexibility index (Phi) is 6.55. The quantitative estimate of drug-likeness (QED) is 0.287. The number of esters is 1. The Morgan fingerprint density at radius 1 is 1.21 bits per heavy atom. The van der Waals surface area contributed by atoms with Crippen molar-refractivity contribution in [2.45, 2.75) is 11.5 Å². The summed E-state index contributed by atoms with van der Waals surface area (Å²) in [4.78, 5) is 21.5. The normalized spacial score (nSPS) is 11.8. The van der Waals surface area contributed by atoms with Crippen LogP contribution in [0.3, 0.4) is 0 Å². The van der Waals surface area contributed by atoms with Crippen molar-refractivity contribution in [1.29, 1.82) is 0 Å². The summed E-state index contributed by atoms with van der Waals surface area (Å²) in [5.41, 5.74) is 1.33. The molecule has 7 nitrogen and oxygen atoms in total. The molecule has 0 amide bonds. The van der Waals surface area contributed by atoms with Crippen LogP contribution in [0.5, 0.6) is 0 Å². The molecule has 0 atom stereocenters. The molecule has 0 aliphatic carbocycles. The molecule has 0 fully saturated rings. The molecule has 0 spiro atoms. The van der Waals surface area contributed by atoms with Gasteiger partial charge in [-0.2, -0.15) is 0 Å². The van der Waals surface area contributed by atoms with Crippen LogP contribution in [-0.4, -0.2) is 38.0 Å². The first-order valence-corrected chi connectivity index (χ1v) is 10.9. The van der Waals surface area contributed by atoms with E-state index < -0.39 is 16.0 Å². The van der Waals surface area contributed by atoms with E-state index in [1.807, 2.05) is 24.3 Å². The molecule has 0 aliphatic heterocycles. The summed E-state index contributed by atoms with van der Waals surface area (Å²) in [6.45, 7) is -0.114. The summed E-state index contributed by atoms with van der Waals surface area (Å²) in [6.07, 6.45) is 0. The van der Waals surface area contributed by atoms with Gasteiger partial charge in [-0.1, -0.05) is 34.3 Å². The highest BCUT2D eigenvalue weighted by atomic mass is 79.9. The minimum Gasteiger partial charge on any atom is -0.457 e. The van der Waals surface area contributed by atoms with Crippen molar-refractivity contribution in [3.05, 3.63) is 69.3 Å². The van der Waals surface area contributed by atoms with Crippen molar-refractivity contribution in [3.63, 3.8) is 0 Å². The zero-order chi connectivity index (χ0) is 21.2. The third kappa shape index (κ3) is 4.59. The van der Waals surface area contributed by atoms with Crippen LogP contribution in [0, 0.1) is 0 Å². The summed E-state index contributed by atoms with van der Waals surface area (Å²) >= 11 is 9.44. The first-order chi connectivity index (χ1) is 13.7. The monoisotopic (exact) mass is 498 g/mol. The number of carbonyl (C=O) groups is 1. The van der Waals surface area contributed by atoms with Crippen LogP contribution in [0.15, 0.2) is 57.9 Å². The number of ether oxygens (including phenoxy) is 1. The Morgan fingerprint density at radius 2 is 1.93 bits per heavy atom. The summed E-state index contributed by atoms with van der Waals surface area (Å²) in [7, 11) is -1.43. The molecule has 0 aliphatic rings. The summed E-state index contributed by atoms with van der Waals surface area (Å²) in [5, 5.41) is 1.09. The second-order valence-electron chi connectivity index (χ2n) is 5.95. The SMILES string of the molecule is CON(C)S(=O)(=O)c1ccc(Br)c(C(=O)OCc2cc3ccccc3nc2Cl)c1. The van der Waals surface area contributed by atoms with E-state index >= 15 is 0 Å². The number of para-hydroxylation sites is 1. The molecular formula is C19H16BrClN2O5S. The minimum absolute atomic E-state index is 0.0560. The molecule has 0 unspecified atom stereocenters. The van der Waals surface area contributed by atoms with Crippen molar-refractivity contribution in [1.82, 2.24) is 9.45 Å². The van der Waals surface area contributed by atoms with E-state index in [0.717, 1.165) is 10.9 Å². The van der Waals surface area contributed by atoms with Gasteiger partial charge in [-0.15, -0.1) is 0 Å². The molecule has 3 aromatic rings. The van der Waals surface area contributed by atoms with E-state index in [9.17, 15) is 13.2 Å². The third-order valence-corrected chi connectivity index (χ3v) is 6.85. The Labute approximate surface area is 181 Å². The highest BCUT2D eigenvalue weighted by molar-refractivity contribution is 9.10. The number of hydroxylamine groups is 1. The van der Waals surface area contributed by atoms with Gasteiger partial charge in [0.05, 0.1) is 23.1 Å². The van der Waals surface area contributed by atoms with E-state index in [2.05, 4.69) is 20.9 Å². The fourth-order valence-corrected chi connectivity index (χ4v) is 4.13. The highest BCUT2D eigenvalue weighted by Crippen LogP contribution is 2.25. The maximum atomic E-state index is 12.6. The van der Waals surface area contributed by atoms with Gasteiger partial charge in [0, 0.05) is 22.5 Å². The van der Waals surface area contributed by atoms with Gasteiger partial charge in [0.2, 0.25) is 0 Å². The van der Waals surface area contributed by atoms with E-state index in [-0.39, 0.29) is 22.2 Å². The molecule has 29 heavy (non-hydrogen) atoms. The molecule has 152 valence electrons. The smallest absolute Gasteiger partial charge is 0.339 e. The summed E-state index contributed by atoms with van der Waals surface area (Å²) < 4.78 is 31.3. The molecule has 0 saturated heterocycles. The number of aromatic nitrogens is 1. The zero-order valence-corrected chi connectivity index (χ0v) is 18.6. The van der Waals surface area contributed by atoms with Crippen LogP contribution in [0.4, 0.5) is 0 Å². The number of carbonyl (C=O) groups excluding carboxylic acids is 1. The predicted octanol–water partition coefficient (Wildman–Crippen LogP) is 4.19. The number of nitrogens with zero attached hydrogens (tertiary/aromatic N) is 2. The summed E-state index contributed by atoms with van der Waals surface area (Å²) in [6, 6.07) is 13.3. The molecule has 0 N–H and O–H groups in total.